The molecule has 0 radical (unpaired) electrons. The van der Waals surface area contributed by atoms with E-state index in [9.17, 15) is 8.42 Å². The summed E-state index contributed by atoms with van der Waals surface area (Å²) in [5.74, 6) is 0.595. The fraction of sp³-hybridized carbons (Fsp3) is 0.259. The van der Waals surface area contributed by atoms with E-state index in [0.29, 0.717) is 30.9 Å². The maximum atomic E-state index is 13.0. The van der Waals surface area contributed by atoms with E-state index in [-0.39, 0.29) is 10.6 Å². The number of benzene rings is 3. The summed E-state index contributed by atoms with van der Waals surface area (Å²) in [5.41, 5.74) is 6.01. The topological polar surface area (TPSA) is 64.6 Å². The molecule has 0 atom stereocenters. The Morgan fingerprint density at radius 2 is 1.67 bits per heavy atom. The molecule has 0 saturated carbocycles. The average molecular weight is 466 g/mol. The second-order valence-electron chi connectivity index (χ2n) is 8.03. The number of anilines is 1. The Morgan fingerprint density at radius 1 is 0.970 bits per heavy atom. The predicted molar refractivity (Wildman–Crippen MR) is 134 cm³/mol. The van der Waals surface area contributed by atoms with Crippen LogP contribution >= 0.6 is 0 Å². The Kier molecular flexibility index (Phi) is 7.82. The molecule has 0 unspecified atom stereocenters. The first-order valence-corrected chi connectivity index (χ1v) is 12.4. The van der Waals surface area contributed by atoms with E-state index >= 15 is 0 Å². The molecule has 0 aromatic heterocycles. The van der Waals surface area contributed by atoms with Gasteiger partial charge in [-0.05, 0) is 81.1 Å². The van der Waals surface area contributed by atoms with Crippen molar-refractivity contribution in [2.24, 2.45) is 0 Å². The number of ether oxygens (including phenoxy) is 1. The lowest BCUT2D eigenvalue weighted by Gasteiger charge is -2.18. The van der Waals surface area contributed by atoms with Crippen molar-refractivity contribution in [2.45, 2.75) is 45.6 Å². The van der Waals surface area contributed by atoms with Crippen LogP contribution in [0.5, 0.6) is 11.5 Å². The molecule has 0 amide bonds. The highest BCUT2D eigenvalue weighted by Gasteiger charge is 2.22. The van der Waals surface area contributed by atoms with Gasteiger partial charge < -0.3 is 14.2 Å². The van der Waals surface area contributed by atoms with E-state index in [0.717, 1.165) is 22.4 Å². The van der Waals surface area contributed by atoms with Crippen molar-refractivity contribution >= 4 is 15.8 Å². The zero-order chi connectivity index (χ0) is 24.0. The summed E-state index contributed by atoms with van der Waals surface area (Å²) < 4.78 is 37.4. The Labute approximate surface area is 197 Å². The molecule has 1 N–H and O–H groups in total. The largest absolute Gasteiger partial charge is 0.490 e. The van der Waals surface area contributed by atoms with E-state index in [1.54, 1.807) is 30.3 Å². The van der Waals surface area contributed by atoms with Crippen molar-refractivity contribution in [1.29, 1.82) is 0 Å². The van der Waals surface area contributed by atoms with Gasteiger partial charge in [0.15, 0.2) is 11.5 Å². The third-order valence-corrected chi connectivity index (χ3v) is 6.47. The molecule has 3 aromatic rings. The molecule has 0 bridgehead atoms. The van der Waals surface area contributed by atoms with Gasteiger partial charge in [-0.15, -0.1) is 6.58 Å². The molecule has 0 aliphatic carbocycles. The molecule has 0 saturated heterocycles. The fourth-order valence-electron chi connectivity index (χ4n) is 3.48. The van der Waals surface area contributed by atoms with Crippen LogP contribution in [-0.2, 0) is 23.1 Å². The molecule has 3 aromatic carbocycles. The van der Waals surface area contributed by atoms with Crippen LogP contribution in [0, 0.1) is 20.8 Å². The van der Waals surface area contributed by atoms with Gasteiger partial charge in [0.2, 0.25) is 0 Å². The van der Waals surface area contributed by atoms with Crippen LogP contribution in [-0.4, -0.2) is 15.0 Å². The molecule has 0 aliphatic rings. The zero-order valence-electron chi connectivity index (χ0n) is 19.6. The van der Waals surface area contributed by atoms with Crippen molar-refractivity contribution in [2.75, 3.05) is 11.9 Å². The molecule has 0 fully saturated rings. The van der Waals surface area contributed by atoms with Crippen LogP contribution in [0.3, 0.4) is 0 Å². The van der Waals surface area contributed by atoms with Gasteiger partial charge in [-0.2, -0.15) is 8.42 Å². The van der Waals surface area contributed by atoms with Crippen molar-refractivity contribution in [1.82, 2.24) is 0 Å². The van der Waals surface area contributed by atoms with E-state index < -0.39 is 10.1 Å². The quantitative estimate of drug-likeness (QED) is 0.289. The summed E-state index contributed by atoms with van der Waals surface area (Å²) in [4.78, 5) is 0.0979. The van der Waals surface area contributed by atoms with Gasteiger partial charge in [0.25, 0.3) is 0 Å². The number of rotatable bonds is 10. The standard InChI is InChI=1S/C27H31NO4S/c1-6-8-23-16-22(18-28-25-15-20(4)9-12-21(25)5)17-26(31-7-2)27(23)32-33(29,30)24-13-10-19(3)11-14-24/h6,9-17,28H,1,7-8,18H2,2-5H3. The van der Waals surface area contributed by atoms with E-state index in [1.165, 1.54) is 5.56 Å². The second kappa shape index (κ2) is 10.6. The number of hydrogen-bond acceptors (Lipinski definition) is 5. The molecule has 33 heavy (non-hydrogen) atoms. The Bertz CT molecular complexity index is 1230. The van der Waals surface area contributed by atoms with Crippen LogP contribution < -0.4 is 14.2 Å². The van der Waals surface area contributed by atoms with Crippen LogP contribution in [0.1, 0.15) is 34.7 Å². The van der Waals surface area contributed by atoms with Gasteiger partial charge in [-0.1, -0.05) is 35.9 Å². The molecule has 174 valence electrons. The maximum absolute atomic E-state index is 13.0. The first-order valence-electron chi connectivity index (χ1n) is 10.9. The monoisotopic (exact) mass is 465 g/mol. The molecule has 0 heterocycles. The minimum Gasteiger partial charge on any atom is -0.490 e. The predicted octanol–water partition coefficient (Wildman–Crippen LogP) is 6.12. The molecular formula is C27H31NO4S. The zero-order valence-corrected chi connectivity index (χ0v) is 20.5. The Hall–Kier alpha value is -3.25. The van der Waals surface area contributed by atoms with Crippen LogP contribution in [0.15, 0.2) is 72.1 Å². The lowest BCUT2D eigenvalue weighted by Crippen LogP contribution is -2.13. The summed E-state index contributed by atoms with van der Waals surface area (Å²) in [7, 11) is -4.02. The maximum Gasteiger partial charge on any atom is 0.339 e. The van der Waals surface area contributed by atoms with Crippen LogP contribution in [0.4, 0.5) is 5.69 Å². The number of allylic oxidation sites excluding steroid dienone is 1. The van der Waals surface area contributed by atoms with Crippen molar-refractivity contribution in [3.63, 3.8) is 0 Å². The Morgan fingerprint density at radius 3 is 2.33 bits per heavy atom. The van der Waals surface area contributed by atoms with Gasteiger partial charge in [0.1, 0.15) is 4.90 Å². The third kappa shape index (κ3) is 6.17. The lowest BCUT2D eigenvalue weighted by molar-refractivity contribution is 0.326. The second-order valence-corrected chi connectivity index (χ2v) is 9.58. The number of aryl methyl sites for hydroxylation is 3. The highest BCUT2D eigenvalue weighted by atomic mass is 32.2. The van der Waals surface area contributed by atoms with Gasteiger partial charge in [0.05, 0.1) is 6.61 Å². The highest BCUT2D eigenvalue weighted by Crippen LogP contribution is 2.36. The minimum absolute atomic E-state index is 0.0979. The summed E-state index contributed by atoms with van der Waals surface area (Å²) in [6.07, 6.45) is 2.16. The van der Waals surface area contributed by atoms with Crippen LogP contribution in [0.25, 0.3) is 0 Å². The number of nitrogens with one attached hydrogen (secondary N) is 1. The van der Waals surface area contributed by atoms with Gasteiger partial charge >= 0.3 is 10.1 Å². The van der Waals surface area contributed by atoms with Gasteiger partial charge in [-0.3, -0.25) is 0 Å². The van der Waals surface area contributed by atoms with Crippen molar-refractivity contribution in [3.8, 4) is 11.5 Å². The fourth-order valence-corrected chi connectivity index (χ4v) is 4.45. The van der Waals surface area contributed by atoms with Crippen molar-refractivity contribution in [3.05, 3.63) is 95.1 Å². The smallest absolute Gasteiger partial charge is 0.339 e. The molecular weight excluding hydrogens is 434 g/mol. The molecule has 0 aliphatic heterocycles. The highest BCUT2D eigenvalue weighted by molar-refractivity contribution is 7.87. The summed E-state index contributed by atoms with van der Waals surface area (Å²) in [6, 6.07) is 16.6. The Balaban J connectivity index is 1.96. The van der Waals surface area contributed by atoms with E-state index in [2.05, 4.69) is 43.9 Å². The summed E-state index contributed by atoms with van der Waals surface area (Å²) in [5, 5.41) is 3.47. The first-order chi connectivity index (χ1) is 15.7. The molecule has 6 heteroatoms. The molecule has 0 spiro atoms. The SMILES string of the molecule is C=CCc1cc(CNc2cc(C)ccc2C)cc(OCC)c1OS(=O)(=O)c1ccc(C)cc1. The number of hydrogen-bond donors (Lipinski definition) is 1. The summed E-state index contributed by atoms with van der Waals surface area (Å²) in [6.45, 7) is 12.6. The van der Waals surface area contributed by atoms with Gasteiger partial charge in [-0.25, -0.2) is 0 Å². The minimum atomic E-state index is -4.02. The lowest BCUT2D eigenvalue weighted by atomic mass is 10.0. The van der Waals surface area contributed by atoms with Crippen molar-refractivity contribution < 1.29 is 17.3 Å². The molecule has 3 rings (SSSR count). The molecule has 5 nitrogen and oxygen atoms in total. The van der Waals surface area contributed by atoms with Crippen LogP contribution in [0.2, 0.25) is 0 Å². The average Bonchev–Trinajstić information content (AvgIpc) is 2.77. The van der Waals surface area contributed by atoms with E-state index in [1.807, 2.05) is 26.0 Å². The summed E-state index contributed by atoms with van der Waals surface area (Å²) >= 11 is 0. The van der Waals surface area contributed by atoms with Gasteiger partial charge in [0, 0.05) is 17.8 Å². The normalized spacial score (nSPS) is 11.2. The third-order valence-electron chi connectivity index (χ3n) is 5.23. The van der Waals surface area contributed by atoms with E-state index in [4.69, 9.17) is 8.92 Å². The first kappa shape index (κ1) is 24.4.